The third-order valence-corrected chi connectivity index (χ3v) is 1.64. The first kappa shape index (κ1) is 8.00. The number of carboxylic acids is 1. The number of carboxylic acid groups (broad SMARTS) is 1. The fourth-order valence-corrected chi connectivity index (χ4v) is 1.05. The number of hydrogen-bond acceptors (Lipinski definition) is 3. The maximum Gasteiger partial charge on any atom is 0.395 e. The van der Waals surface area contributed by atoms with Gasteiger partial charge in [0.15, 0.2) is 0 Å². The van der Waals surface area contributed by atoms with Crippen LogP contribution in [0.4, 0.5) is 0 Å². The van der Waals surface area contributed by atoms with E-state index in [4.69, 9.17) is 16.7 Å². The predicted octanol–water partition coefficient (Wildman–Crippen LogP) is -0.605. The van der Waals surface area contributed by atoms with Gasteiger partial charge in [0, 0.05) is 0 Å². The van der Waals surface area contributed by atoms with Gasteiger partial charge in [0.1, 0.15) is 5.50 Å². The van der Waals surface area contributed by atoms with Crippen LogP contribution in [0, 0.1) is 0 Å². The summed E-state index contributed by atoms with van der Waals surface area (Å²) in [5.74, 6) is -3.47. The molecule has 2 amide bonds. The van der Waals surface area contributed by atoms with Crippen LogP contribution in [0.2, 0.25) is 0 Å². The number of carbonyl (C=O) groups excluding carboxylic acids is 2. The second-order valence-electron chi connectivity index (χ2n) is 2.01. The van der Waals surface area contributed by atoms with Crippen molar-refractivity contribution < 1.29 is 19.5 Å². The Hall–Kier alpha value is -1.10. The highest BCUT2D eigenvalue weighted by Crippen LogP contribution is 2.22. The number of halogens is 1. The van der Waals surface area contributed by atoms with Crippen molar-refractivity contribution in [2.45, 2.75) is 11.9 Å². The van der Waals surface area contributed by atoms with Crippen LogP contribution in [0.3, 0.4) is 0 Å². The lowest BCUT2D eigenvalue weighted by Gasteiger charge is -2.32. The average Bonchev–Trinajstić information content (AvgIpc) is 1.86. The van der Waals surface area contributed by atoms with E-state index in [2.05, 4.69) is 0 Å². The quantitative estimate of drug-likeness (QED) is 0.232. The zero-order valence-electron chi connectivity index (χ0n) is 5.28. The monoisotopic (exact) mass is 177 g/mol. The summed E-state index contributed by atoms with van der Waals surface area (Å²) in [6.45, 7) is 0. The Morgan fingerprint density at radius 3 is 2.36 bits per heavy atom. The molecule has 0 radical (unpaired) electrons. The van der Waals surface area contributed by atoms with E-state index in [9.17, 15) is 14.4 Å². The first-order valence-corrected chi connectivity index (χ1v) is 3.21. The number of β-lactam (4-membered cyclic amide) rings is 1. The average molecular weight is 178 g/mol. The highest BCUT2D eigenvalue weighted by molar-refractivity contribution is 6.39. The molecule has 0 aromatic rings. The predicted molar refractivity (Wildman–Crippen MR) is 33.7 cm³/mol. The molecule has 6 heteroatoms. The fourth-order valence-electron chi connectivity index (χ4n) is 0.721. The number of nitrogens with zero attached hydrogens (tertiary/aromatic N) is 1. The number of rotatable bonds is 0. The molecule has 1 fully saturated rings. The maximum absolute atomic E-state index is 10.6. The molecule has 5 nitrogen and oxygen atoms in total. The minimum atomic E-state index is -1.66. The lowest BCUT2D eigenvalue weighted by Crippen LogP contribution is -2.55. The smallest absolute Gasteiger partial charge is 0.395 e. The molecule has 1 aliphatic heterocycles. The molecule has 1 unspecified atom stereocenters. The van der Waals surface area contributed by atoms with Gasteiger partial charge in [0.2, 0.25) is 5.91 Å². The van der Waals surface area contributed by atoms with E-state index in [0.29, 0.717) is 4.90 Å². The Balaban J connectivity index is 2.68. The van der Waals surface area contributed by atoms with Gasteiger partial charge in [-0.15, -0.1) is 0 Å². The van der Waals surface area contributed by atoms with Crippen LogP contribution < -0.4 is 0 Å². The van der Waals surface area contributed by atoms with Gasteiger partial charge in [-0.3, -0.25) is 14.5 Å². The van der Waals surface area contributed by atoms with Gasteiger partial charge < -0.3 is 5.11 Å². The van der Waals surface area contributed by atoms with Gasteiger partial charge in [0.05, 0.1) is 6.42 Å². The lowest BCUT2D eigenvalue weighted by atomic mass is 10.2. The molecule has 1 atom stereocenters. The van der Waals surface area contributed by atoms with Crippen LogP contribution >= 0.6 is 11.6 Å². The first-order valence-electron chi connectivity index (χ1n) is 2.77. The summed E-state index contributed by atoms with van der Waals surface area (Å²) < 4.78 is 0. The van der Waals surface area contributed by atoms with Gasteiger partial charge in [-0.05, 0) is 0 Å². The van der Waals surface area contributed by atoms with Crippen LogP contribution in [-0.4, -0.2) is 33.3 Å². The standard InChI is InChI=1S/C5H4ClNO4/c6-2-1-3(8)7(2)4(9)5(10)11/h2H,1H2,(H,10,11). The number of alkyl halides is 1. The van der Waals surface area contributed by atoms with Crippen molar-refractivity contribution in [3.05, 3.63) is 0 Å². The Morgan fingerprint density at radius 1 is 1.64 bits per heavy atom. The van der Waals surface area contributed by atoms with Crippen molar-refractivity contribution in [1.82, 2.24) is 4.90 Å². The molecule has 1 saturated heterocycles. The zero-order chi connectivity index (χ0) is 8.59. The van der Waals surface area contributed by atoms with Crippen LogP contribution in [-0.2, 0) is 14.4 Å². The Morgan fingerprint density at radius 2 is 2.18 bits per heavy atom. The number of likely N-dealkylation sites (tertiary alicyclic amines) is 1. The zero-order valence-corrected chi connectivity index (χ0v) is 6.04. The first-order chi connectivity index (χ1) is 5.04. The van der Waals surface area contributed by atoms with E-state index in [1.165, 1.54) is 0 Å². The molecule has 1 rings (SSSR count). The van der Waals surface area contributed by atoms with Crippen molar-refractivity contribution in [3.8, 4) is 0 Å². The molecule has 0 saturated carbocycles. The van der Waals surface area contributed by atoms with Gasteiger partial charge in [-0.1, -0.05) is 11.6 Å². The number of imide groups is 1. The van der Waals surface area contributed by atoms with Crippen molar-refractivity contribution in [3.63, 3.8) is 0 Å². The molecule has 0 aromatic carbocycles. The molecule has 0 bridgehead atoms. The van der Waals surface area contributed by atoms with Crippen LogP contribution in [0.1, 0.15) is 6.42 Å². The Kier molecular flexibility index (Phi) is 1.82. The highest BCUT2D eigenvalue weighted by atomic mass is 35.5. The van der Waals surface area contributed by atoms with E-state index in [1.54, 1.807) is 0 Å². The highest BCUT2D eigenvalue weighted by Gasteiger charge is 2.42. The summed E-state index contributed by atoms with van der Waals surface area (Å²) in [7, 11) is 0. The van der Waals surface area contributed by atoms with Crippen molar-refractivity contribution >= 4 is 29.4 Å². The largest absolute Gasteiger partial charge is 0.474 e. The normalized spacial score (nSPS) is 22.8. The second kappa shape index (κ2) is 2.50. The van der Waals surface area contributed by atoms with Gasteiger partial charge in [0.25, 0.3) is 0 Å². The Labute approximate surface area is 66.5 Å². The summed E-state index contributed by atoms with van der Waals surface area (Å²) in [6, 6.07) is 0. The van der Waals surface area contributed by atoms with E-state index in [0.717, 1.165) is 0 Å². The van der Waals surface area contributed by atoms with Crippen molar-refractivity contribution in [2.75, 3.05) is 0 Å². The minimum Gasteiger partial charge on any atom is -0.474 e. The van der Waals surface area contributed by atoms with Gasteiger partial charge >= 0.3 is 11.9 Å². The van der Waals surface area contributed by atoms with E-state index >= 15 is 0 Å². The fraction of sp³-hybridized carbons (Fsp3) is 0.400. The molecule has 60 valence electrons. The minimum absolute atomic E-state index is 0.0283. The Bertz CT molecular complexity index is 239. The molecule has 1 aliphatic rings. The number of aliphatic carboxylic acids is 1. The topological polar surface area (TPSA) is 74.7 Å². The summed E-state index contributed by atoms with van der Waals surface area (Å²) in [6.07, 6.45) is 0.0283. The molecule has 0 spiro atoms. The summed E-state index contributed by atoms with van der Waals surface area (Å²) in [5, 5.41) is 8.15. The molecule has 11 heavy (non-hydrogen) atoms. The number of carbonyl (C=O) groups is 3. The van der Waals surface area contributed by atoms with Crippen molar-refractivity contribution in [1.29, 1.82) is 0 Å². The van der Waals surface area contributed by atoms with E-state index < -0.39 is 23.3 Å². The molecule has 0 aliphatic carbocycles. The molecular formula is C5H4ClNO4. The second-order valence-corrected chi connectivity index (χ2v) is 2.52. The molecule has 1 N–H and O–H groups in total. The van der Waals surface area contributed by atoms with Gasteiger partial charge in [-0.25, -0.2) is 4.79 Å². The van der Waals surface area contributed by atoms with Crippen molar-refractivity contribution in [2.24, 2.45) is 0 Å². The SMILES string of the molecule is O=C(O)C(=O)N1C(=O)CC1Cl. The number of hydrogen-bond donors (Lipinski definition) is 1. The molecule has 1 heterocycles. The molecular weight excluding hydrogens is 174 g/mol. The summed E-state index contributed by atoms with van der Waals surface area (Å²) in [4.78, 5) is 31.7. The summed E-state index contributed by atoms with van der Waals surface area (Å²) >= 11 is 5.37. The number of amides is 2. The van der Waals surface area contributed by atoms with Crippen LogP contribution in [0.25, 0.3) is 0 Å². The van der Waals surface area contributed by atoms with Crippen LogP contribution in [0.15, 0.2) is 0 Å². The lowest BCUT2D eigenvalue weighted by molar-refractivity contribution is -0.165. The summed E-state index contributed by atoms with van der Waals surface area (Å²) in [5.41, 5.74) is -0.786. The molecule has 0 aromatic heterocycles. The maximum atomic E-state index is 10.6. The van der Waals surface area contributed by atoms with E-state index in [-0.39, 0.29) is 6.42 Å². The third kappa shape index (κ3) is 1.19. The van der Waals surface area contributed by atoms with E-state index in [1.807, 2.05) is 0 Å². The van der Waals surface area contributed by atoms with Crippen LogP contribution in [0.5, 0.6) is 0 Å². The van der Waals surface area contributed by atoms with Gasteiger partial charge in [-0.2, -0.15) is 0 Å². The third-order valence-electron chi connectivity index (χ3n) is 1.29.